The predicted molar refractivity (Wildman–Crippen MR) is 66.6 cm³/mol. The van der Waals surface area contributed by atoms with Crippen molar-refractivity contribution in [2.75, 3.05) is 26.2 Å². The summed E-state index contributed by atoms with van der Waals surface area (Å²) in [6.45, 7) is 5.95. The van der Waals surface area contributed by atoms with Crippen LogP contribution in [0.4, 0.5) is 0 Å². The van der Waals surface area contributed by atoms with E-state index in [0.717, 1.165) is 19.4 Å². The maximum Gasteiger partial charge on any atom is 0.0613 e. The molecule has 0 aromatic heterocycles. The van der Waals surface area contributed by atoms with E-state index in [2.05, 4.69) is 17.1 Å². The van der Waals surface area contributed by atoms with Gasteiger partial charge in [0.15, 0.2) is 0 Å². The number of aliphatic hydroxyl groups is 1. The van der Waals surface area contributed by atoms with Gasteiger partial charge in [0.1, 0.15) is 0 Å². The summed E-state index contributed by atoms with van der Waals surface area (Å²) >= 11 is 0. The average molecular weight is 226 g/mol. The van der Waals surface area contributed by atoms with E-state index >= 15 is 0 Å². The lowest BCUT2D eigenvalue weighted by Gasteiger charge is -2.34. The number of nitrogens with one attached hydrogen (secondary N) is 1. The second-order valence-electron chi connectivity index (χ2n) is 5.46. The SMILES string of the molecule is CCNC1(CO)CCC(N2CCCCC2)C1. The standard InChI is InChI=1S/C13H26N2O/c1-2-14-13(11-16)7-6-12(10-13)15-8-4-3-5-9-15/h12,14,16H,2-11H2,1H3. The molecule has 2 atom stereocenters. The van der Waals surface area contributed by atoms with Crippen LogP contribution in [-0.2, 0) is 0 Å². The molecule has 3 nitrogen and oxygen atoms in total. The maximum absolute atomic E-state index is 9.58. The first kappa shape index (κ1) is 12.3. The maximum atomic E-state index is 9.58. The second kappa shape index (κ2) is 5.48. The lowest BCUT2D eigenvalue weighted by molar-refractivity contribution is 0.132. The zero-order chi connectivity index (χ0) is 11.4. The number of nitrogens with zero attached hydrogens (tertiary/aromatic N) is 1. The molecule has 0 spiro atoms. The summed E-state index contributed by atoms with van der Waals surface area (Å²) in [6.07, 6.45) is 7.67. The molecule has 94 valence electrons. The van der Waals surface area contributed by atoms with E-state index in [1.165, 1.54) is 38.8 Å². The van der Waals surface area contributed by atoms with Crippen molar-refractivity contribution in [3.05, 3.63) is 0 Å². The third-order valence-electron chi connectivity index (χ3n) is 4.34. The van der Waals surface area contributed by atoms with Crippen LogP contribution in [0.2, 0.25) is 0 Å². The molecule has 2 fully saturated rings. The lowest BCUT2D eigenvalue weighted by Crippen LogP contribution is -2.48. The molecule has 1 heterocycles. The van der Waals surface area contributed by atoms with Crippen LogP contribution in [0, 0.1) is 0 Å². The number of likely N-dealkylation sites (tertiary alicyclic amines) is 1. The first-order valence-electron chi connectivity index (χ1n) is 6.89. The minimum Gasteiger partial charge on any atom is -0.394 e. The molecule has 0 radical (unpaired) electrons. The molecule has 16 heavy (non-hydrogen) atoms. The summed E-state index contributed by atoms with van der Waals surface area (Å²) in [5.41, 5.74) is 0.0247. The fraction of sp³-hybridized carbons (Fsp3) is 1.00. The van der Waals surface area contributed by atoms with Gasteiger partial charge in [-0.05, 0) is 51.7 Å². The first-order valence-corrected chi connectivity index (χ1v) is 6.89. The average Bonchev–Trinajstić information content (AvgIpc) is 2.76. The quantitative estimate of drug-likeness (QED) is 0.760. The van der Waals surface area contributed by atoms with E-state index in [9.17, 15) is 5.11 Å². The van der Waals surface area contributed by atoms with Gasteiger partial charge in [-0.15, -0.1) is 0 Å². The Balaban J connectivity index is 1.90. The largest absolute Gasteiger partial charge is 0.394 e. The monoisotopic (exact) mass is 226 g/mol. The van der Waals surface area contributed by atoms with Crippen LogP contribution in [0.25, 0.3) is 0 Å². The van der Waals surface area contributed by atoms with Gasteiger partial charge in [0.2, 0.25) is 0 Å². The molecule has 2 rings (SSSR count). The smallest absolute Gasteiger partial charge is 0.0613 e. The molecular weight excluding hydrogens is 200 g/mol. The Morgan fingerprint density at radius 3 is 2.69 bits per heavy atom. The van der Waals surface area contributed by atoms with Crippen molar-refractivity contribution in [3.8, 4) is 0 Å². The van der Waals surface area contributed by atoms with Gasteiger partial charge in [0.25, 0.3) is 0 Å². The van der Waals surface area contributed by atoms with Gasteiger partial charge in [-0.2, -0.15) is 0 Å². The fourth-order valence-corrected chi connectivity index (χ4v) is 3.43. The summed E-state index contributed by atoms with van der Waals surface area (Å²) in [7, 11) is 0. The molecular formula is C13H26N2O. The fourth-order valence-electron chi connectivity index (χ4n) is 3.43. The molecule has 2 aliphatic rings. The highest BCUT2D eigenvalue weighted by Gasteiger charge is 2.40. The Hall–Kier alpha value is -0.120. The van der Waals surface area contributed by atoms with Crippen LogP contribution in [0.1, 0.15) is 45.4 Å². The van der Waals surface area contributed by atoms with Crippen molar-refractivity contribution >= 4 is 0 Å². The molecule has 1 aliphatic carbocycles. The summed E-state index contributed by atoms with van der Waals surface area (Å²) in [5, 5.41) is 13.1. The zero-order valence-electron chi connectivity index (χ0n) is 10.5. The van der Waals surface area contributed by atoms with Crippen LogP contribution >= 0.6 is 0 Å². The van der Waals surface area contributed by atoms with E-state index in [4.69, 9.17) is 0 Å². The Morgan fingerprint density at radius 2 is 2.06 bits per heavy atom. The molecule has 0 amide bonds. The number of aliphatic hydroxyl groups excluding tert-OH is 1. The van der Waals surface area contributed by atoms with Gasteiger partial charge >= 0.3 is 0 Å². The van der Waals surface area contributed by atoms with Gasteiger partial charge in [-0.3, -0.25) is 0 Å². The van der Waals surface area contributed by atoms with Crippen LogP contribution in [-0.4, -0.2) is 47.8 Å². The number of rotatable bonds is 4. The topological polar surface area (TPSA) is 35.5 Å². The summed E-state index contributed by atoms with van der Waals surface area (Å²) in [5.74, 6) is 0. The summed E-state index contributed by atoms with van der Waals surface area (Å²) in [4.78, 5) is 2.65. The predicted octanol–water partition coefficient (Wildman–Crippen LogP) is 1.37. The van der Waals surface area contributed by atoms with Crippen molar-refractivity contribution in [2.24, 2.45) is 0 Å². The zero-order valence-corrected chi connectivity index (χ0v) is 10.5. The normalized spacial score (nSPS) is 36.8. The highest BCUT2D eigenvalue weighted by atomic mass is 16.3. The highest BCUT2D eigenvalue weighted by molar-refractivity contribution is 4.99. The van der Waals surface area contributed by atoms with E-state index < -0.39 is 0 Å². The van der Waals surface area contributed by atoms with E-state index in [1.54, 1.807) is 0 Å². The van der Waals surface area contributed by atoms with E-state index in [0.29, 0.717) is 12.6 Å². The molecule has 3 heteroatoms. The Morgan fingerprint density at radius 1 is 1.31 bits per heavy atom. The molecule has 1 aliphatic heterocycles. The Kier molecular flexibility index (Phi) is 4.22. The summed E-state index contributed by atoms with van der Waals surface area (Å²) < 4.78 is 0. The van der Waals surface area contributed by atoms with Crippen molar-refractivity contribution in [2.45, 2.75) is 57.0 Å². The minimum atomic E-state index is 0.0247. The van der Waals surface area contributed by atoms with Gasteiger partial charge in [0.05, 0.1) is 6.61 Å². The number of likely N-dealkylation sites (N-methyl/N-ethyl adjacent to an activating group) is 1. The van der Waals surface area contributed by atoms with Crippen molar-refractivity contribution in [1.29, 1.82) is 0 Å². The van der Waals surface area contributed by atoms with Gasteiger partial charge < -0.3 is 15.3 Å². The molecule has 1 saturated carbocycles. The molecule has 0 aromatic rings. The van der Waals surface area contributed by atoms with Crippen molar-refractivity contribution < 1.29 is 5.11 Å². The highest BCUT2D eigenvalue weighted by Crippen LogP contribution is 2.33. The van der Waals surface area contributed by atoms with E-state index in [-0.39, 0.29) is 5.54 Å². The Labute approximate surface area is 99.2 Å². The lowest BCUT2D eigenvalue weighted by atomic mass is 9.98. The minimum absolute atomic E-state index is 0.0247. The third kappa shape index (κ3) is 2.58. The second-order valence-corrected chi connectivity index (χ2v) is 5.46. The molecule has 1 saturated heterocycles. The van der Waals surface area contributed by atoms with Crippen molar-refractivity contribution in [3.63, 3.8) is 0 Å². The van der Waals surface area contributed by atoms with Gasteiger partial charge in [0, 0.05) is 11.6 Å². The molecule has 0 aromatic carbocycles. The van der Waals surface area contributed by atoms with Crippen LogP contribution in [0.5, 0.6) is 0 Å². The number of hydrogen-bond acceptors (Lipinski definition) is 3. The Bertz CT molecular complexity index is 216. The molecule has 2 N–H and O–H groups in total. The number of hydrogen-bond donors (Lipinski definition) is 2. The van der Waals surface area contributed by atoms with Crippen molar-refractivity contribution in [1.82, 2.24) is 10.2 Å². The molecule has 2 unspecified atom stereocenters. The van der Waals surface area contributed by atoms with Crippen LogP contribution in [0.3, 0.4) is 0 Å². The van der Waals surface area contributed by atoms with Gasteiger partial charge in [-0.25, -0.2) is 0 Å². The van der Waals surface area contributed by atoms with E-state index in [1.807, 2.05) is 0 Å². The van der Waals surface area contributed by atoms with Crippen LogP contribution < -0.4 is 5.32 Å². The third-order valence-corrected chi connectivity index (χ3v) is 4.34. The molecule has 0 bridgehead atoms. The van der Waals surface area contributed by atoms with Gasteiger partial charge in [-0.1, -0.05) is 13.3 Å². The summed E-state index contributed by atoms with van der Waals surface area (Å²) in [6, 6.07) is 0.714. The number of piperidine rings is 1. The van der Waals surface area contributed by atoms with Crippen LogP contribution in [0.15, 0.2) is 0 Å². The first-order chi connectivity index (χ1) is 7.79.